The molecule has 2 unspecified atom stereocenters. The predicted octanol–water partition coefficient (Wildman–Crippen LogP) is 3.83. The Hall–Kier alpha value is -1.26. The van der Waals surface area contributed by atoms with Crippen molar-refractivity contribution in [3.8, 4) is 0 Å². The molecule has 22 heavy (non-hydrogen) atoms. The van der Waals surface area contributed by atoms with E-state index in [1.54, 1.807) is 0 Å². The maximum absolute atomic E-state index is 11.7. The van der Waals surface area contributed by atoms with Gasteiger partial charge in [-0.25, -0.2) is 4.79 Å². The lowest BCUT2D eigenvalue weighted by Crippen LogP contribution is -2.43. The molecule has 5 heteroatoms. The highest BCUT2D eigenvalue weighted by molar-refractivity contribution is 6.30. The van der Waals surface area contributed by atoms with Crippen LogP contribution >= 0.6 is 11.6 Å². The van der Waals surface area contributed by atoms with Crippen molar-refractivity contribution >= 4 is 17.7 Å². The molecule has 0 aromatic heterocycles. The number of halogens is 1. The average Bonchev–Trinajstić information content (AvgIpc) is 2.76. The van der Waals surface area contributed by atoms with E-state index in [9.17, 15) is 4.79 Å². The van der Waals surface area contributed by atoms with Gasteiger partial charge < -0.3 is 15.4 Å². The maximum atomic E-state index is 11.7. The molecule has 2 atom stereocenters. The van der Waals surface area contributed by atoms with Crippen molar-refractivity contribution in [3.05, 3.63) is 34.3 Å². The molecule has 1 aromatic rings. The van der Waals surface area contributed by atoms with Crippen molar-refractivity contribution in [1.82, 2.24) is 10.6 Å². The number of aryl methyl sites for hydroxylation is 1. The zero-order chi connectivity index (χ0) is 16.3. The zero-order valence-corrected chi connectivity index (χ0v) is 14.5. The third-order valence-electron chi connectivity index (χ3n) is 3.62. The Balaban J connectivity index is 1.81. The normalized spacial score (nSPS) is 18.7. The highest BCUT2D eigenvalue weighted by Crippen LogP contribution is 2.32. The van der Waals surface area contributed by atoms with Gasteiger partial charge >= 0.3 is 6.09 Å². The van der Waals surface area contributed by atoms with E-state index in [1.807, 2.05) is 39.8 Å². The maximum Gasteiger partial charge on any atom is 0.407 e. The molecule has 1 aliphatic carbocycles. The van der Waals surface area contributed by atoms with Gasteiger partial charge in [0.1, 0.15) is 5.60 Å². The minimum absolute atomic E-state index is 0.00574. The molecule has 122 valence electrons. The number of hydrogen-bond acceptors (Lipinski definition) is 3. The number of ether oxygens (including phenoxy) is 1. The highest BCUT2D eigenvalue weighted by Gasteiger charge is 2.23. The first-order valence-electron chi connectivity index (χ1n) is 7.76. The minimum atomic E-state index is -0.471. The molecule has 0 bridgehead atoms. The third kappa shape index (κ3) is 4.89. The highest BCUT2D eigenvalue weighted by atomic mass is 35.5. The SMILES string of the molecule is CC(CNC1CCc2cc(Cl)ccc21)NC(=O)OC(C)(C)C. The predicted molar refractivity (Wildman–Crippen MR) is 89.3 cm³/mol. The van der Waals surface area contributed by atoms with Crippen LogP contribution in [0, 0.1) is 0 Å². The molecule has 0 saturated heterocycles. The van der Waals surface area contributed by atoms with E-state index in [0.717, 1.165) is 17.9 Å². The number of fused-ring (bicyclic) bond motifs is 1. The molecule has 4 nitrogen and oxygen atoms in total. The number of amides is 1. The molecule has 0 aliphatic heterocycles. The summed E-state index contributed by atoms with van der Waals surface area (Å²) >= 11 is 6.03. The number of benzene rings is 1. The van der Waals surface area contributed by atoms with Crippen LogP contribution < -0.4 is 10.6 Å². The lowest BCUT2D eigenvalue weighted by Gasteiger charge is -2.23. The second-order valence-electron chi connectivity index (χ2n) is 6.89. The molecule has 0 heterocycles. The molecule has 1 amide bonds. The Morgan fingerprint density at radius 3 is 2.86 bits per heavy atom. The van der Waals surface area contributed by atoms with Gasteiger partial charge in [-0.05, 0) is 63.8 Å². The van der Waals surface area contributed by atoms with E-state index in [2.05, 4.69) is 16.7 Å². The number of alkyl carbamates (subject to hydrolysis) is 1. The number of nitrogens with one attached hydrogen (secondary N) is 2. The summed E-state index contributed by atoms with van der Waals surface area (Å²) < 4.78 is 5.26. The van der Waals surface area contributed by atoms with Gasteiger partial charge in [0.05, 0.1) is 0 Å². The van der Waals surface area contributed by atoms with Crippen molar-refractivity contribution in [2.45, 2.75) is 58.2 Å². The number of rotatable bonds is 4. The van der Waals surface area contributed by atoms with Crippen LogP contribution in [-0.4, -0.2) is 24.3 Å². The third-order valence-corrected chi connectivity index (χ3v) is 3.85. The Morgan fingerprint density at radius 2 is 2.18 bits per heavy atom. The van der Waals surface area contributed by atoms with E-state index < -0.39 is 5.60 Å². The second kappa shape index (κ2) is 6.88. The largest absolute Gasteiger partial charge is 0.444 e. The molecule has 0 fully saturated rings. The van der Waals surface area contributed by atoms with Gasteiger partial charge in [-0.2, -0.15) is 0 Å². The minimum Gasteiger partial charge on any atom is -0.444 e. The fraction of sp³-hybridized carbons (Fsp3) is 0.588. The smallest absolute Gasteiger partial charge is 0.407 e. The molecule has 1 aromatic carbocycles. The van der Waals surface area contributed by atoms with Crippen molar-refractivity contribution in [1.29, 1.82) is 0 Å². The standard InChI is InChI=1S/C17H25ClN2O2/c1-11(20-16(21)22-17(2,3)4)10-19-15-8-5-12-9-13(18)6-7-14(12)15/h6-7,9,11,15,19H,5,8,10H2,1-4H3,(H,20,21). The summed E-state index contributed by atoms with van der Waals surface area (Å²) in [6.45, 7) is 8.24. The van der Waals surface area contributed by atoms with Crippen LogP contribution in [0.15, 0.2) is 18.2 Å². The van der Waals surface area contributed by atoms with Crippen LogP contribution in [0.1, 0.15) is 51.3 Å². The first-order chi connectivity index (χ1) is 10.2. The van der Waals surface area contributed by atoms with Crippen LogP contribution in [0.5, 0.6) is 0 Å². The summed E-state index contributed by atoms with van der Waals surface area (Å²) in [5.74, 6) is 0. The van der Waals surface area contributed by atoms with Crippen LogP contribution in [0.4, 0.5) is 4.79 Å². The fourth-order valence-corrected chi connectivity index (χ4v) is 2.87. The van der Waals surface area contributed by atoms with Gasteiger partial charge in [-0.15, -0.1) is 0 Å². The van der Waals surface area contributed by atoms with Crippen molar-refractivity contribution < 1.29 is 9.53 Å². The quantitative estimate of drug-likeness (QED) is 0.885. The van der Waals surface area contributed by atoms with Crippen molar-refractivity contribution in [2.24, 2.45) is 0 Å². The van der Waals surface area contributed by atoms with E-state index in [-0.39, 0.29) is 12.1 Å². The van der Waals surface area contributed by atoms with Gasteiger partial charge in [0.25, 0.3) is 0 Å². The van der Waals surface area contributed by atoms with Gasteiger partial charge in [0.2, 0.25) is 0 Å². The lowest BCUT2D eigenvalue weighted by molar-refractivity contribution is 0.0507. The van der Waals surface area contributed by atoms with Gasteiger partial charge in [0.15, 0.2) is 0 Å². The van der Waals surface area contributed by atoms with E-state index in [1.165, 1.54) is 11.1 Å². The van der Waals surface area contributed by atoms with Crippen LogP contribution in [0.25, 0.3) is 0 Å². The zero-order valence-electron chi connectivity index (χ0n) is 13.7. The fourth-order valence-electron chi connectivity index (χ4n) is 2.68. The molecular weight excluding hydrogens is 300 g/mol. The number of hydrogen-bond donors (Lipinski definition) is 2. The molecule has 0 saturated carbocycles. The lowest BCUT2D eigenvalue weighted by atomic mass is 10.1. The average molecular weight is 325 g/mol. The molecular formula is C17H25ClN2O2. The van der Waals surface area contributed by atoms with Gasteiger partial charge in [-0.1, -0.05) is 17.7 Å². The summed E-state index contributed by atoms with van der Waals surface area (Å²) in [6, 6.07) is 6.40. The summed E-state index contributed by atoms with van der Waals surface area (Å²) in [4.78, 5) is 11.7. The monoisotopic (exact) mass is 324 g/mol. The first kappa shape index (κ1) is 17.1. The summed E-state index contributed by atoms with van der Waals surface area (Å²) in [6.07, 6.45) is 1.73. The van der Waals surface area contributed by atoms with E-state index >= 15 is 0 Å². The Bertz CT molecular complexity index is 540. The topological polar surface area (TPSA) is 50.4 Å². The van der Waals surface area contributed by atoms with Crippen LogP contribution in [0.3, 0.4) is 0 Å². The Kier molecular flexibility index (Phi) is 5.35. The molecule has 2 N–H and O–H groups in total. The molecule has 2 rings (SSSR count). The van der Waals surface area contributed by atoms with Crippen molar-refractivity contribution in [2.75, 3.05) is 6.54 Å². The van der Waals surface area contributed by atoms with E-state index in [0.29, 0.717) is 12.6 Å². The Labute approximate surface area is 137 Å². The molecule has 1 aliphatic rings. The number of carbonyl (C=O) groups is 1. The van der Waals surface area contributed by atoms with Gasteiger partial charge in [0, 0.05) is 23.7 Å². The van der Waals surface area contributed by atoms with Gasteiger partial charge in [-0.3, -0.25) is 0 Å². The summed E-state index contributed by atoms with van der Waals surface area (Å²) in [5.41, 5.74) is 2.16. The summed E-state index contributed by atoms with van der Waals surface area (Å²) in [7, 11) is 0. The Morgan fingerprint density at radius 1 is 1.45 bits per heavy atom. The molecule has 0 spiro atoms. The van der Waals surface area contributed by atoms with E-state index in [4.69, 9.17) is 16.3 Å². The number of carbonyl (C=O) groups excluding carboxylic acids is 1. The second-order valence-corrected chi connectivity index (χ2v) is 7.33. The molecule has 0 radical (unpaired) electrons. The first-order valence-corrected chi connectivity index (χ1v) is 8.13. The van der Waals surface area contributed by atoms with Crippen LogP contribution in [-0.2, 0) is 11.2 Å². The van der Waals surface area contributed by atoms with Crippen molar-refractivity contribution in [3.63, 3.8) is 0 Å². The van der Waals surface area contributed by atoms with Crippen LogP contribution in [0.2, 0.25) is 5.02 Å². The summed E-state index contributed by atoms with van der Waals surface area (Å²) in [5, 5.41) is 7.15.